The summed E-state index contributed by atoms with van der Waals surface area (Å²) < 4.78 is 23.2. The van der Waals surface area contributed by atoms with Crippen molar-refractivity contribution < 1.29 is 14.2 Å². The first-order valence-corrected chi connectivity index (χ1v) is 16.1. The van der Waals surface area contributed by atoms with Crippen LogP contribution in [0.25, 0.3) is 11.2 Å². The number of para-hydroxylation sites is 1. The molecule has 0 atom stereocenters. The van der Waals surface area contributed by atoms with Gasteiger partial charge in [0, 0.05) is 25.2 Å². The normalized spacial score (nSPS) is 25.5. The zero-order valence-corrected chi connectivity index (χ0v) is 24.9. The molecule has 3 heterocycles. The minimum atomic E-state index is -0.308. The molecule has 1 aliphatic heterocycles. The van der Waals surface area contributed by atoms with Gasteiger partial charge in [-0.25, -0.2) is 14.4 Å². The number of nitrogens with one attached hydrogen (secondary N) is 2. The zero-order chi connectivity index (χ0) is 28.9. The molecule has 3 N–H and O–H groups in total. The lowest BCUT2D eigenvalue weighted by molar-refractivity contribution is 0.0123. The van der Waals surface area contributed by atoms with E-state index in [2.05, 4.69) is 25.1 Å². The van der Waals surface area contributed by atoms with E-state index in [1.165, 1.54) is 38.4 Å². The largest absolute Gasteiger partial charge is 0.396 e. The summed E-state index contributed by atoms with van der Waals surface area (Å²) >= 11 is 0. The number of likely N-dealkylation sites (tertiary alicyclic amines) is 1. The number of benzene rings is 1. The fraction of sp³-hybridized carbons (Fsp3) is 0.656. The molecule has 0 radical (unpaired) electrons. The Hall–Kier alpha value is -2.82. The van der Waals surface area contributed by atoms with Crippen LogP contribution in [0.2, 0.25) is 0 Å². The molecule has 9 nitrogen and oxygen atoms in total. The molecule has 2 aliphatic carbocycles. The highest BCUT2D eigenvalue weighted by Gasteiger charge is 2.28. The summed E-state index contributed by atoms with van der Waals surface area (Å²) in [6, 6.07) is 5.53. The van der Waals surface area contributed by atoms with Gasteiger partial charge in [0.15, 0.2) is 5.65 Å². The van der Waals surface area contributed by atoms with E-state index in [1.54, 1.807) is 12.3 Å². The van der Waals surface area contributed by atoms with Gasteiger partial charge in [0.25, 0.3) is 0 Å². The summed E-state index contributed by atoms with van der Waals surface area (Å²) in [4.78, 5) is 16.9. The van der Waals surface area contributed by atoms with Crippen molar-refractivity contribution in [2.45, 2.75) is 95.7 Å². The van der Waals surface area contributed by atoms with Crippen molar-refractivity contribution in [2.75, 3.05) is 43.5 Å². The second-order valence-electron chi connectivity index (χ2n) is 12.5. The van der Waals surface area contributed by atoms with Crippen molar-refractivity contribution >= 4 is 28.7 Å². The van der Waals surface area contributed by atoms with Crippen LogP contribution in [0.4, 0.5) is 22.0 Å². The number of ether oxygens (including phenoxy) is 1. The second kappa shape index (κ2) is 13.7. The van der Waals surface area contributed by atoms with Gasteiger partial charge in [-0.05, 0) is 102 Å². The van der Waals surface area contributed by atoms with Crippen molar-refractivity contribution in [3.05, 3.63) is 35.8 Å². The van der Waals surface area contributed by atoms with Crippen LogP contribution in [0.1, 0.15) is 82.2 Å². The number of aliphatic hydroxyl groups excluding tert-OH is 1. The molecule has 42 heavy (non-hydrogen) atoms. The standard InChI is InChI=1S/C32H46FN7O2/c1-22-6-5-7-27(33)29(22)37-32-36-28-20-34-31(38-30(28)40(32)25-12-8-23(21-41)9-13-25)35-24-10-14-26(15-11-24)42-19-18-39-16-3-2-4-17-39/h5-7,20,23-26,41H,2-4,8-19,21H2,1H3,(H,36,37)(H,34,35,38). The van der Waals surface area contributed by atoms with Crippen molar-refractivity contribution in [2.24, 2.45) is 5.92 Å². The Balaban J connectivity index is 1.14. The maximum Gasteiger partial charge on any atom is 0.224 e. The molecule has 10 heteroatoms. The number of imidazole rings is 1. The van der Waals surface area contributed by atoms with E-state index in [1.807, 2.05) is 13.0 Å². The highest BCUT2D eigenvalue weighted by atomic mass is 19.1. The molecule has 228 valence electrons. The van der Waals surface area contributed by atoms with Crippen LogP contribution in [0.5, 0.6) is 0 Å². The van der Waals surface area contributed by atoms with E-state index < -0.39 is 0 Å². The third-order valence-corrected chi connectivity index (χ3v) is 9.55. The summed E-state index contributed by atoms with van der Waals surface area (Å²) in [5.74, 6) is 1.21. The van der Waals surface area contributed by atoms with Crippen LogP contribution in [0, 0.1) is 18.7 Å². The first-order valence-electron chi connectivity index (χ1n) is 16.1. The number of nitrogens with zero attached hydrogens (tertiary/aromatic N) is 5. The van der Waals surface area contributed by atoms with Gasteiger partial charge in [-0.3, -0.25) is 4.57 Å². The molecule has 0 amide bonds. The van der Waals surface area contributed by atoms with Crippen LogP contribution in [-0.4, -0.2) is 74.5 Å². The molecule has 1 aromatic carbocycles. The third-order valence-electron chi connectivity index (χ3n) is 9.55. The molecule has 3 aliphatic rings. The number of rotatable bonds is 10. The molecule has 6 rings (SSSR count). The third kappa shape index (κ3) is 6.87. The lowest BCUT2D eigenvalue weighted by Gasteiger charge is -2.31. The summed E-state index contributed by atoms with van der Waals surface area (Å²) in [5.41, 5.74) is 2.69. The molecule has 3 aromatic rings. The van der Waals surface area contributed by atoms with E-state index >= 15 is 0 Å². The number of aliphatic hydroxyl groups is 1. The topological polar surface area (TPSA) is 100 Å². The van der Waals surface area contributed by atoms with Gasteiger partial charge in [-0.1, -0.05) is 18.6 Å². The number of aromatic nitrogens is 4. The molecule has 2 aromatic heterocycles. The summed E-state index contributed by atoms with van der Waals surface area (Å²) in [5, 5.41) is 16.6. The Labute approximate surface area is 248 Å². The molecule has 0 unspecified atom stereocenters. The monoisotopic (exact) mass is 579 g/mol. The van der Waals surface area contributed by atoms with E-state index in [4.69, 9.17) is 14.7 Å². The minimum absolute atomic E-state index is 0.160. The zero-order valence-electron chi connectivity index (χ0n) is 24.9. The van der Waals surface area contributed by atoms with Crippen molar-refractivity contribution in [3.8, 4) is 0 Å². The SMILES string of the molecule is Cc1cccc(F)c1Nc1nc2cnc(NC3CCC(OCCN4CCCCC4)CC3)nc2n1C1CCC(CO)CC1. The Bertz CT molecular complexity index is 1290. The highest BCUT2D eigenvalue weighted by Crippen LogP contribution is 2.37. The second-order valence-corrected chi connectivity index (χ2v) is 12.5. The maximum atomic E-state index is 14.8. The molecule has 2 saturated carbocycles. The van der Waals surface area contributed by atoms with E-state index in [0.29, 0.717) is 41.2 Å². The van der Waals surface area contributed by atoms with Gasteiger partial charge in [0.05, 0.1) is 24.6 Å². The Kier molecular flexibility index (Phi) is 9.51. The lowest BCUT2D eigenvalue weighted by atomic mass is 9.86. The number of aryl methyl sites for hydroxylation is 1. The summed E-state index contributed by atoms with van der Waals surface area (Å²) in [6.45, 7) is 6.42. The quantitative estimate of drug-likeness (QED) is 0.270. The molecule has 0 bridgehead atoms. The molecular formula is C32H46FN7O2. The summed E-state index contributed by atoms with van der Waals surface area (Å²) in [6.07, 6.45) is 14.0. The van der Waals surface area contributed by atoms with Gasteiger partial charge in [0.1, 0.15) is 11.3 Å². The fourth-order valence-electron chi connectivity index (χ4n) is 6.97. The lowest BCUT2D eigenvalue weighted by Crippen LogP contribution is -2.35. The fourth-order valence-corrected chi connectivity index (χ4v) is 6.97. The highest BCUT2D eigenvalue weighted by molar-refractivity contribution is 5.77. The van der Waals surface area contributed by atoms with Crippen LogP contribution in [-0.2, 0) is 4.74 Å². The molecule has 1 saturated heterocycles. The molecule has 3 fully saturated rings. The van der Waals surface area contributed by atoms with Gasteiger partial charge in [-0.2, -0.15) is 4.98 Å². The van der Waals surface area contributed by atoms with E-state index in [-0.39, 0.29) is 18.5 Å². The average Bonchev–Trinajstić information content (AvgIpc) is 3.38. The van der Waals surface area contributed by atoms with E-state index in [9.17, 15) is 9.50 Å². The van der Waals surface area contributed by atoms with E-state index in [0.717, 1.165) is 75.7 Å². The van der Waals surface area contributed by atoms with Crippen molar-refractivity contribution in [1.82, 2.24) is 24.4 Å². The number of anilines is 3. The summed E-state index contributed by atoms with van der Waals surface area (Å²) in [7, 11) is 0. The Morgan fingerprint density at radius 3 is 2.52 bits per heavy atom. The predicted octanol–water partition coefficient (Wildman–Crippen LogP) is 5.97. The van der Waals surface area contributed by atoms with Gasteiger partial charge in [0.2, 0.25) is 11.9 Å². The Morgan fingerprint density at radius 2 is 1.79 bits per heavy atom. The molecule has 0 spiro atoms. The van der Waals surface area contributed by atoms with Crippen molar-refractivity contribution in [3.63, 3.8) is 0 Å². The first-order chi connectivity index (χ1) is 20.6. The van der Waals surface area contributed by atoms with Crippen LogP contribution >= 0.6 is 0 Å². The van der Waals surface area contributed by atoms with Gasteiger partial charge in [-0.15, -0.1) is 0 Å². The predicted molar refractivity (Wildman–Crippen MR) is 164 cm³/mol. The van der Waals surface area contributed by atoms with Crippen LogP contribution in [0.15, 0.2) is 24.4 Å². The smallest absolute Gasteiger partial charge is 0.224 e. The first kappa shape index (κ1) is 29.3. The number of hydrogen-bond donors (Lipinski definition) is 3. The number of fused-ring (bicyclic) bond motifs is 1. The van der Waals surface area contributed by atoms with Gasteiger partial charge < -0.3 is 25.4 Å². The number of piperidine rings is 1. The number of hydrogen-bond acceptors (Lipinski definition) is 8. The minimum Gasteiger partial charge on any atom is -0.396 e. The van der Waals surface area contributed by atoms with Crippen molar-refractivity contribution in [1.29, 1.82) is 0 Å². The van der Waals surface area contributed by atoms with Gasteiger partial charge >= 0.3 is 0 Å². The average molecular weight is 580 g/mol. The maximum absolute atomic E-state index is 14.8. The number of halogens is 1. The van der Waals surface area contributed by atoms with Crippen LogP contribution < -0.4 is 10.6 Å². The Morgan fingerprint density at radius 1 is 1.00 bits per heavy atom. The molecular weight excluding hydrogens is 533 g/mol. The van der Waals surface area contributed by atoms with Crippen LogP contribution in [0.3, 0.4) is 0 Å².